The maximum atomic E-state index is 12.6. The van der Waals surface area contributed by atoms with Crippen LogP contribution in [0.3, 0.4) is 0 Å². The van der Waals surface area contributed by atoms with E-state index in [0.717, 1.165) is 16.7 Å². The minimum Gasteiger partial charge on any atom is -0.436 e. The molecule has 0 saturated heterocycles. The summed E-state index contributed by atoms with van der Waals surface area (Å²) >= 11 is 0. The SMILES string of the molecule is CC(=O)Oc1ccccc1C(=O)Nc1ccc(-c2nc3ccccc3o2)cc1. The van der Waals surface area contributed by atoms with Crippen LogP contribution in [0.2, 0.25) is 0 Å². The fraction of sp³-hybridized carbons (Fsp3) is 0.0455. The number of anilines is 1. The number of nitrogens with one attached hydrogen (secondary N) is 1. The Morgan fingerprint density at radius 1 is 0.929 bits per heavy atom. The molecule has 0 aliphatic carbocycles. The molecule has 1 amide bonds. The molecule has 6 nitrogen and oxygen atoms in total. The molecule has 1 aromatic heterocycles. The average molecular weight is 372 g/mol. The molecule has 0 radical (unpaired) electrons. The van der Waals surface area contributed by atoms with Gasteiger partial charge in [-0.15, -0.1) is 0 Å². The zero-order valence-corrected chi connectivity index (χ0v) is 15.0. The third-order valence-electron chi connectivity index (χ3n) is 4.07. The van der Waals surface area contributed by atoms with Gasteiger partial charge >= 0.3 is 5.97 Å². The number of nitrogens with zero attached hydrogens (tertiary/aromatic N) is 1. The van der Waals surface area contributed by atoms with Gasteiger partial charge in [0.1, 0.15) is 11.3 Å². The first-order valence-corrected chi connectivity index (χ1v) is 8.65. The number of benzene rings is 3. The monoisotopic (exact) mass is 372 g/mol. The average Bonchev–Trinajstić information content (AvgIpc) is 3.12. The van der Waals surface area contributed by atoms with E-state index in [4.69, 9.17) is 9.15 Å². The highest BCUT2D eigenvalue weighted by Crippen LogP contribution is 2.26. The number of oxazole rings is 1. The molecule has 4 rings (SSSR count). The van der Waals surface area contributed by atoms with Gasteiger partial charge in [0.15, 0.2) is 5.58 Å². The maximum Gasteiger partial charge on any atom is 0.308 e. The van der Waals surface area contributed by atoms with Crippen molar-refractivity contribution in [1.29, 1.82) is 0 Å². The van der Waals surface area contributed by atoms with Crippen molar-refractivity contribution in [3.05, 3.63) is 78.4 Å². The van der Waals surface area contributed by atoms with Crippen molar-refractivity contribution < 1.29 is 18.7 Å². The molecule has 0 fully saturated rings. The molecule has 0 spiro atoms. The molecule has 4 aromatic rings. The van der Waals surface area contributed by atoms with Crippen LogP contribution >= 0.6 is 0 Å². The van der Waals surface area contributed by atoms with Crippen LogP contribution in [0.4, 0.5) is 5.69 Å². The molecule has 0 bridgehead atoms. The van der Waals surface area contributed by atoms with Gasteiger partial charge < -0.3 is 14.5 Å². The van der Waals surface area contributed by atoms with E-state index in [1.807, 2.05) is 36.4 Å². The van der Waals surface area contributed by atoms with Crippen LogP contribution in [0.1, 0.15) is 17.3 Å². The Balaban J connectivity index is 1.53. The molecule has 1 heterocycles. The second-order valence-electron chi connectivity index (χ2n) is 6.11. The van der Waals surface area contributed by atoms with Gasteiger partial charge in [-0.05, 0) is 48.5 Å². The van der Waals surface area contributed by atoms with Gasteiger partial charge in [0.2, 0.25) is 5.89 Å². The highest BCUT2D eigenvalue weighted by Gasteiger charge is 2.14. The van der Waals surface area contributed by atoms with Gasteiger partial charge in [-0.1, -0.05) is 24.3 Å². The van der Waals surface area contributed by atoms with Crippen molar-refractivity contribution in [3.63, 3.8) is 0 Å². The van der Waals surface area contributed by atoms with E-state index < -0.39 is 5.97 Å². The normalized spacial score (nSPS) is 10.6. The standard InChI is InChI=1S/C22H16N2O4/c1-14(25)27-19-8-4-2-6-17(19)21(26)23-16-12-10-15(11-13-16)22-24-18-7-3-5-9-20(18)28-22/h2-13H,1H3,(H,23,26). The zero-order valence-electron chi connectivity index (χ0n) is 15.0. The van der Waals surface area contributed by atoms with Gasteiger partial charge in [0.05, 0.1) is 5.56 Å². The second-order valence-corrected chi connectivity index (χ2v) is 6.11. The van der Waals surface area contributed by atoms with Crippen molar-refractivity contribution >= 4 is 28.7 Å². The van der Waals surface area contributed by atoms with Crippen LogP contribution in [0.15, 0.2) is 77.2 Å². The summed E-state index contributed by atoms with van der Waals surface area (Å²) < 4.78 is 10.8. The molecule has 138 valence electrons. The predicted molar refractivity (Wildman–Crippen MR) is 105 cm³/mol. The number of aromatic nitrogens is 1. The third-order valence-corrected chi connectivity index (χ3v) is 4.07. The van der Waals surface area contributed by atoms with E-state index in [9.17, 15) is 9.59 Å². The van der Waals surface area contributed by atoms with Crippen molar-refractivity contribution in [2.24, 2.45) is 0 Å². The van der Waals surface area contributed by atoms with Crippen LogP contribution < -0.4 is 10.1 Å². The predicted octanol–water partition coefficient (Wildman–Crippen LogP) is 4.67. The molecular weight excluding hydrogens is 356 g/mol. The van der Waals surface area contributed by atoms with Crippen LogP contribution in [-0.2, 0) is 4.79 Å². The van der Waals surface area contributed by atoms with Gasteiger partial charge in [0.25, 0.3) is 5.91 Å². The minimum atomic E-state index is -0.483. The van der Waals surface area contributed by atoms with Crippen LogP contribution in [0.5, 0.6) is 5.75 Å². The molecule has 0 aliphatic rings. The fourth-order valence-corrected chi connectivity index (χ4v) is 2.79. The number of hydrogen-bond acceptors (Lipinski definition) is 5. The Hall–Kier alpha value is -3.93. The number of carbonyl (C=O) groups is 2. The number of carbonyl (C=O) groups excluding carboxylic acids is 2. The minimum absolute atomic E-state index is 0.218. The lowest BCUT2D eigenvalue weighted by molar-refractivity contribution is -0.131. The molecule has 0 aliphatic heterocycles. The Labute approximate surface area is 160 Å². The Bertz CT molecular complexity index is 1130. The number of rotatable bonds is 4. The molecule has 0 unspecified atom stereocenters. The van der Waals surface area contributed by atoms with Crippen molar-refractivity contribution in [1.82, 2.24) is 4.98 Å². The van der Waals surface area contributed by atoms with E-state index in [1.165, 1.54) is 6.92 Å². The lowest BCUT2D eigenvalue weighted by atomic mass is 10.1. The summed E-state index contributed by atoms with van der Waals surface area (Å²) in [5.41, 5.74) is 3.19. The number of hydrogen-bond donors (Lipinski definition) is 1. The number of ether oxygens (including phenoxy) is 1. The molecule has 3 aromatic carbocycles. The Morgan fingerprint density at radius 2 is 1.64 bits per heavy atom. The van der Waals surface area contributed by atoms with Crippen molar-refractivity contribution in [2.45, 2.75) is 6.92 Å². The van der Waals surface area contributed by atoms with E-state index in [-0.39, 0.29) is 17.2 Å². The fourth-order valence-electron chi connectivity index (χ4n) is 2.79. The Morgan fingerprint density at radius 3 is 2.39 bits per heavy atom. The molecule has 6 heteroatoms. The van der Waals surface area contributed by atoms with Gasteiger partial charge in [-0.25, -0.2) is 4.98 Å². The highest BCUT2D eigenvalue weighted by atomic mass is 16.5. The Kier molecular flexibility index (Phi) is 4.60. The largest absolute Gasteiger partial charge is 0.436 e. The van der Waals surface area contributed by atoms with E-state index >= 15 is 0 Å². The zero-order chi connectivity index (χ0) is 19.5. The first-order chi connectivity index (χ1) is 13.6. The summed E-state index contributed by atoms with van der Waals surface area (Å²) in [5, 5.41) is 2.80. The van der Waals surface area contributed by atoms with Gasteiger partial charge in [-0.2, -0.15) is 0 Å². The van der Waals surface area contributed by atoms with Crippen molar-refractivity contribution in [3.8, 4) is 17.2 Å². The number of esters is 1. The van der Waals surface area contributed by atoms with E-state index in [0.29, 0.717) is 11.6 Å². The molecule has 28 heavy (non-hydrogen) atoms. The lowest BCUT2D eigenvalue weighted by Gasteiger charge is -2.09. The summed E-state index contributed by atoms with van der Waals surface area (Å²) in [4.78, 5) is 28.2. The summed E-state index contributed by atoms with van der Waals surface area (Å²) in [7, 11) is 0. The lowest BCUT2D eigenvalue weighted by Crippen LogP contribution is -2.14. The number of amides is 1. The quantitative estimate of drug-likeness (QED) is 0.416. The second kappa shape index (κ2) is 7.36. The molecule has 0 atom stereocenters. The first kappa shape index (κ1) is 17.5. The van der Waals surface area contributed by atoms with E-state index in [2.05, 4.69) is 10.3 Å². The third kappa shape index (κ3) is 3.61. The maximum absolute atomic E-state index is 12.6. The highest BCUT2D eigenvalue weighted by molar-refractivity contribution is 6.06. The topological polar surface area (TPSA) is 81.4 Å². The molecule has 0 saturated carbocycles. The van der Waals surface area contributed by atoms with Crippen LogP contribution in [-0.4, -0.2) is 16.9 Å². The summed E-state index contributed by atoms with van der Waals surface area (Å²) in [5.74, 6) is -0.121. The summed E-state index contributed by atoms with van der Waals surface area (Å²) in [6.07, 6.45) is 0. The number of fused-ring (bicyclic) bond motifs is 1. The summed E-state index contributed by atoms with van der Waals surface area (Å²) in [6.45, 7) is 1.29. The molecule has 1 N–H and O–H groups in total. The number of para-hydroxylation sites is 3. The van der Waals surface area contributed by atoms with Crippen LogP contribution in [0.25, 0.3) is 22.6 Å². The molecular formula is C22H16N2O4. The first-order valence-electron chi connectivity index (χ1n) is 8.65. The van der Waals surface area contributed by atoms with Gasteiger partial charge in [0, 0.05) is 18.2 Å². The van der Waals surface area contributed by atoms with E-state index in [1.54, 1.807) is 36.4 Å². The van der Waals surface area contributed by atoms with Crippen LogP contribution in [0, 0.1) is 0 Å². The summed E-state index contributed by atoms with van der Waals surface area (Å²) in [6, 6.07) is 21.3. The smallest absolute Gasteiger partial charge is 0.308 e. The van der Waals surface area contributed by atoms with Crippen molar-refractivity contribution in [2.75, 3.05) is 5.32 Å². The van der Waals surface area contributed by atoms with Gasteiger partial charge in [-0.3, -0.25) is 9.59 Å².